The number of imide groups is 1. The lowest BCUT2D eigenvalue weighted by molar-refractivity contribution is -0.140. The Labute approximate surface area is 128 Å². The molecule has 1 aliphatic heterocycles. The molecule has 1 aromatic heterocycles. The minimum absolute atomic E-state index is 0.0897. The number of hydrogen-bond acceptors (Lipinski definition) is 5. The summed E-state index contributed by atoms with van der Waals surface area (Å²) in [5.74, 6) is 0.256. The number of aromatic nitrogens is 2. The fourth-order valence-electron chi connectivity index (χ4n) is 2.62. The highest BCUT2D eigenvalue weighted by Gasteiger charge is 2.38. The Kier molecular flexibility index (Phi) is 4.00. The molecule has 114 valence electrons. The standard InChI is InChI=1S/C16H17N3O3/c1-2-14-17-13(18-22-14)10-19-15(20)9-12(16(19)21)8-11-6-4-3-5-7-11/h3-7,12H,2,8-10H2,1H3/t12-/m0/s1. The van der Waals surface area contributed by atoms with Gasteiger partial charge < -0.3 is 4.52 Å². The summed E-state index contributed by atoms with van der Waals surface area (Å²) < 4.78 is 5.01. The normalized spacial score (nSPS) is 18.2. The molecule has 6 nitrogen and oxygen atoms in total. The van der Waals surface area contributed by atoms with E-state index in [9.17, 15) is 9.59 Å². The summed E-state index contributed by atoms with van der Waals surface area (Å²) in [5.41, 5.74) is 1.06. The van der Waals surface area contributed by atoms with E-state index >= 15 is 0 Å². The Morgan fingerprint density at radius 1 is 1.27 bits per heavy atom. The molecule has 0 aliphatic carbocycles. The number of nitrogens with zero attached hydrogens (tertiary/aromatic N) is 3. The maximum Gasteiger partial charge on any atom is 0.233 e. The van der Waals surface area contributed by atoms with E-state index in [1.165, 1.54) is 4.90 Å². The average molecular weight is 299 g/mol. The van der Waals surface area contributed by atoms with Crippen LogP contribution in [0.4, 0.5) is 0 Å². The lowest BCUT2D eigenvalue weighted by Crippen LogP contribution is -2.31. The number of carbonyl (C=O) groups excluding carboxylic acids is 2. The van der Waals surface area contributed by atoms with E-state index in [1.807, 2.05) is 37.3 Å². The molecule has 6 heteroatoms. The maximum absolute atomic E-state index is 12.4. The third-order valence-electron chi connectivity index (χ3n) is 3.77. The second-order valence-electron chi connectivity index (χ2n) is 5.37. The van der Waals surface area contributed by atoms with Crippen LogP contribution in [0, 0.1) is 5.92 Å². The van der Waals surface area contributed by atoms with Gasteiger partial charge in [-0.05, 0) is 12.0 Å². The van der Waals surface area contributed by atoms with E-state index < -0.39 is 0 Å². The lowest BCUT2D eigenvalue weighted by Gasteiger charge is -2.12. The van der Waals surface area contributed by atoms with Gasteiger partial charge in [0.1, 0.15) is 0 Å². The van der Waals surface area contributed by atoms with Crippen molar-refractivity contribution in [3.63, 3.8) is 0 Å². The van der Waals surface area contributed by atoms with Crippen molar-refractivity contribution in [3.8, 4) is 0 Å². The van der Waals surface area contributed by atoms with Crippen molar-refractivity contribution < 1.29 is 14.1 Å². The minimum Gasteiger partial charge on any atom is -0.339 e. The van der Waals surface area contributed by atoms with E-state index in [1.54, 1.807) is 0 Å². The Morgan fingerprint density at radius 3 is 2.73 bits per heavy atom. The Balaban J connectivity index is 1.68. The monoisotopic (exact) mass is 299 g/mol. The van der Waals surface area contributed by atoms with Crippen LogP contribution < -0.4 is 0 Å². The van der Waals surface area contributed by atoms with Gasteiger partial charge in [0.2, 0.25) is 17.7 Å². The minimum atomic E-state index is -0.299. The molecule has 0 unspecified atom stereocenters. The Hall–Kier alpha value is -2.50. The predicted octanol–water partition coefficient (Wildman–Crippen LogP) is 1.75. The molecular formula is C16H17N3O3. The van der Waals surface area contributed by atoms with Gasteiger partial charge >= 0.3 is 0 Å². The number of carbonyl (C=O) groups is 2. The molecule has 1 aliphatic rings. The molecule has 1 atom stereocenters. The van der Waals surface area contributed by atoms with E-state index in [0.717, 1.165) is 5.56 Å². The van der Waals surface area contributed by atoms with Crippen LogP contribution in [0.2, 0.25) is 0 Å². The average Bonchev–Trinajstić information content (AvgIpc) is 3.09. The first-order valence-corrected chi connectivity index (χ1v) is 7.37. The van der Waals surface area contributed by atoms with Gasteiger partial charge in [-0.15, -0.1) is 0 Å². The number of aryl methyl sites for hydroxylation is 1. The molecule has 2 amide bonds. The lowest BCUT2D eigenvalue weighted by atomic mass is 9.98. The largest absolute Gasteiger partial charge is 0.339 e. The van der Waals surface area contributed by atoms with E-state index in [2.05, 4.69) is 10.1 Å². The highest BCUT2D eigenvalue weighted by Crippen LogP contribution is 2.24. The molecule has 22 heavy (non-hydrogen) atoms. The van der Waals surface area contributed by atoms with Gasteiger partial charge in [0.05, 0.1) is 12.5 Å². The molecule has 2 heterocycles. The van der Waals surface area contributed by atoms with E-state index in [-0.39, 0.29) is 30.7 Å². The van der Waals surface area contributed by atoms with Crippen LogP contribution in [-0.4, -0.2) is 26.9 Å². The summed E-state index contributed by atoms with van der Waals surface area (Å²) in [7, 11) is 0. The van der Waals surface area contributed by atoms with E-state index in [4.69, 9.17) is 4.52 Å². The molecule has 2 aromatic rings. The summed E-state index contributed by atoms with van der Waals surface area (Å²) in [6.07, 6.45) is 1.45. The number of hydrogen-bond donors (Lipinski definition) is 0. The van der Waals surface area contributed by atoms with Crippen LogP contribution in [0.25, 0.3) is 0 Å². The number of likely N-dealkylation sites (tertiary alicyclic amines) is 1. The fourth-order valence-corrected chi connectivity index (χ4v) is 2.62. The van der Waals surface area contributed by atoms with Crippen molar-refractivity contribution in [1.29, 1.82) is 0 Å². The summed E-state index contributed by atoms with van der Waals surface area (Å²) in [4.78, 5) is 29.9. The second kappa shape index (κ2) is 6.09. The second-order valence-corrected chi connectivity index (χ2v) is 5.37. The summed E-state index contributed by atoms with van der Waals surface area (Å²) >= 11 is 0. The zero-order valence-electron chi connectivity index (χ0n) is 12.4. The summed E-state index contributed by atoms with van der Waals surface area (Å²) in [6, 6.07) is 9.72. The van der Waals surface area contributed by atoms with Gasteiger partial charge in [-0.2, -0.15) is 4.98 Å². The summed E-state index contributed by atoms with van der Waals surface area (Å²) in [5, 5.41) is 3.80. The molecule has 0 spiro atoms. The van der Waals surface area contributed by atoms with E-state index in [0.29, 0.717) is 24.6 Å². The van der Waals surface area contributed by atoms with Crippen LogP contribution in [0.15, 0.2) is 34.9 Å². The molecule has 0 N–H and O–H groups in total. The summed E-state index contributed by atoms with van der Waals surface area (Å²) in [6.45, 7) is 1.99. The molecule has 3 rings (SSSR count). The molecule has 0 radical (unpaired) electrons. The number of amides is 2. The first kappa shape index (κ1) is 14.4. The van der Waals surface area contributed by atoms with Crippen molar-refractivity contribution in [2.24, 2.45) is 5.92 Å². The molecule has 1 fully saturated rings. The molecular weight excluding hydrogens is 282 g/mol. The predicted molar refractivity (Wildman–Crippen MR) is 77.5 cm³/mol. The van der Waals surface area contributed by atoms with Gasteiger partial charge in [0, 0.05) is 12.8 Å². The molecule has 0 saturated carbocycles. The highest BCUT2D eigenvalue weighted by atomic mass is 16.5. The number of rotatable bonds is 5. The van der Waals surface area contributed by atoms with Crippen molar-refractivity contribution in [2.45, 2.75) is 32.7 Å². The van der Waals surface area contributed by atoms with Crippen LogP contribution in [-0.2, 0) is 29.0 Å². The quantitative estimate of drug-likeness (QED) is 0.786. The van der Waals surface area contributed by atoms with Crippen LogP contribution >= 0.6 is 0 Å². The molecule has 1 saturated heterocycles. The number of benzene rings is 1. The third kappa shape index (κ3) is 2.90. The topological polar surface area (TPSA) is 76.3 Å². The SMILES string of the molecule is CCc1nc(CN2C(=O)C[C@H](Cc3ccccc3)C2=O)no1. The van der Waals surface area contributed by atoms with Crippen molar-refractivity contribution in [3.05, 3.63) is 47.6 Å². The van der Waals surface area contributed by atoms with Crippen LogP contribution in [0.3, 0.4) is 0 Å². The van der Waals surface area contributed by atoms with Crippen molar-refractivity contribution >= 4 is 11.8 Å². The highest BCUT2D eigenvalue weighted by molar-refractivity contribution is 6.03. The third-order valence-corrected chi connectivity index (χ3v) is 3.77. The maximum atomic E-state index is 12.4. The first-order valence-electron chi connectivity index (χ1n) is 7.37. The van der Waals surface area contributed by atoms with Gasteiger partial charge in [-0.3, -0.25) is 14.5 Å². The van der Waals surface area contributed by atoms with Gasteiger partial charge in [0.25, 0.3) is 0 Å². The molecule has 1 aromatic carbocycles. The Bertz CT molecular complexity index is 681. The zero-order valence-corrected chi connectivity index (χ0v) is 12.4. The van der Waals surface area contributed by atoms with Gasteiger partial charge in [0.15, 0.2) is 5.82 Å². The first-order chi connectivity index (χ1) is 10.7. The zero-order chi connectivity index (χ0) is 15.5. The smallest absolute Gasteiger partial charge is 0.233 e. The van der Waals surface area contributed by atoms with Crippen LogP contribution in [0.5, 0.6) is 0 Å². The fraction of sp³-hybridized carbons (Fsp3) is 0.375. The van der Waals surface area contributed by atoms with Gasteiger partial charge in [-0.25, -0.2) is 0 Å². The van der Waals surface area contributed by atoms with Crippen molar-refractivity contribution in [2.75, 3.05) is 0 Å². The Morgan fingerprint density at radius 2 is 2.05 bits per heavy atom. The van der Waals surface area contributed by atoms with Crippen LogP contribution in [0.1, 0.15) is 30.6 Å². The molecule has 0 bridgehead atoms. The van der Waals surface area contributed by atoms with Gasteiger partial charge in [-0.1, -0.05) is 42.4 Å². The van der Waals surface area contributed by atoms with Crippen molar-refractivity contribution in [1.82, 2.24) is 15.0 Å².